The summed E-state index contributed by atoms with van der Waals surface area (Å²) in [7, 11) is 0. The molecule has 1 amide bonds. The van der Waals surface area contributed by atoms with Crippen LogP contribution in [0, 0.1) is 0 Å². The van der Waals surface area contributed by atoms with Crippen LogP contribution in [0.5, 0.6) is 0 Å². The number of carboxylic acid groups (broad SMARTS) is 1. The molecule has 1 unspecified atom stereocenters. The lowest BCUT2D eigenvalue weighted by Gasteiger charge is -2.24. The Morgan fingerprint density at radius 3 is 2.83 bits per heavy atom. The number of carbonyl (C=O) groups is 2. The number of rotatable bonds is 4. The molecule has 0 spiro atoms. The van der Waals surface area contributed by atoms with E-state index in [0.717, 1.165) is 32.2 Å². The average molecular weight is 251 g/mol. The van der Waals surface area contributed by atoms with Gasteiger partial charge in [0.05, 0.1) is 6.42 Å². The van der Waals surface area contributed by atoms with Crippen LogP contribution >= 0.6 is 0 Å². The van der Waals surface area contributed by atoms with Crippen molar-refractivity contribution in [3.8, 4) is 0 Å². The Balaban J connectivity index is 1.91. The van der Waals surface area contributed by atoms with Crippen LogP contribution in [0.25, 0.3) is 0 Å². The summed E-state index contributed by atoms with van der Waals surface area (Å²) in [4.78, 5) is 24.7. The predicted molar refractivity (Wildman–Crippen MR) is 68.2 cm³/mol. The Labute approximate surface area is 108 Å². The second kappa shape index (κ2) is 6.03. The van der Waals surface area contributed by atoms with Crippen molar-refractivity contribution >= 4 is 11.9 Å². The standard InChI is InChI=1S/C14H21NO3/c16-13(9-11-5-2-1-3-6-11)15-8-4-7-12(15)10-14(17)18/h5,12H,1-4,6-10H2,(H,17,18). The van der Waals surface area contributed by atoms with Crippen molar-refractivity contribution in [1.29, 1.82) is 0 Å². The monoisotopic (exact) mass is 251 g/mol. The molecule has 1 heterocycles. The van der Waals surface area contributed by atoms with E-state index in [9.17, 15) is 9.59 Å². The Kier molecular flexibility index (Phi) is 4.39. The molecule has 2 aliphatic rings. The van der Waals surface area contributed by atoms with Gasteiger partial charge in [-0.25, -0.2) is 0 Å². The van der Waals surface area contributed by atoms with Gasteiger partial charge >= 0.3 is 5.97 Å². The van der Waals surface area contributed by atoms with Crippen LogP contribution < -0.4 is 0 Å². The number of aliphatic carboxylic acids is 1. The average Bonchev–Trinajstić information content (AvgIpc) is 2.77. The minimum atomic E-state index is -0.809. The van der Waals surface area contributed by atoms with Gasteiger partial charge in [0.1, 0.15) is 0 Å². The first kappa shape index (κ1) is 13.1. The molecular weight excluding hydrogens is 230 g/mol. The lowest BCUT2D eigenvalue weighted by molar-refractivity contribution is -0.139. The second-order valence-electron chi connectivity index (χ2n) is 5.27. The van der Waals surface area contributed by atoms with Crippen molar-refractivity contribution in [2.75, 3.05) is 6.54 Å². The quantitative estimate of drug-likeness (QED) is 0.780. The summed E-state index contributed by atoms with van der Waals surface area (Å²) in [5.41, 5.74) is 1.24. The molecule has 1 fully saturated rings. The minimum absolute atomic E-state index is 0.0841. The van der Waals surface area contributed by atoms with Gasteiger partial charge in [0.2, 0.25) is 5.91 Å². The highest BCUT2D eigenvalue weighted by atomic mass is 16.4. The van der Waals surface area contributed by atoms with Gasteiger partial charge in [-0.15, -0.1) is 0 Å². The number of carboxylic acids is 1. The van der Waals surface area contributed by atoms with Gasteiger partial charge in [0, 0.05) is 19.0 Å². The Bertz CT molecular complexity index is 362. The van der Waals surface area contributed by atoms with Crippen molar-refractivity contribution in [2.24, 2.45) is 0 Å². The van der Waals surface area contributed by atoms with Crippen LogP contribution in [-0.4, -0.2) is 34.5 Å². The molecule has 1 N–H and O–H groups in total. The predicted octanol–water partition coefficient (Wildman–Crippen LogP) is 2.34. The highest BCUT2D eigenvalue weighted by Gasteiger charge is 2.30. The maximum atomic E-state index is 12.2. The zero-order valence-corrected chi connectivity index (χ0v) is 10.7. The maximum absolute atomic E-state index is 12.2. The van der Waals surface area contributed by atoms with E-state index in [1.54, 1.807) is 4.90 Å². The molecule has 0 aromatic heterocycles. The van der Waals surface area contributed by atoms with E-state index in [0.29, 0.717) is 6.42 Å². The van der Waals surface area contributed by atoms with E-state index in [4.69, 9.17) is 5.11 Å². The summed E-state index contributed by atoms with van der Waals surface area (Å²) in [6, 6.07) is -0.0841. The fraction of sp³-hybridized carbons (Fsp3) is 0.714. The molecule has 4 nitrogen and oxygen atoms in total. The molecular formula is C14H21NO3. The first-order chi connectivity index (χ1) is 8.66. The fourth-order valence-corrected chi connectivity index (χ4v) is 2.94. The first-order valence-electron chi connectivity index (χ1n) is 6.86. The van der Waals surface area contributed by atoms with E-state index >= 15 is 0 Å². The summed E-state index contributed by atoms with van der Waals surface area (Å²) < 4.78 is 0. The normalized spacial score (nSPS) is 23.9. The minimum Gasteiger partial charge on any atom is -0.481 e. The topological polar surface area (TPSA) is 57.6 Å². The highest BCUT2D eigenvalue weighted by Crippen LogP contribution is 2.25. The number of hydrogen-bond acceptors (Lipinski definition) is 2. The SMILES string of the molecule is O=C(O)CC1CCCN1C(=O)CC1=CCCCC1. The van der Waals surface area contributed by atoms with Crippen molar-refractivity contribution in [2.45, 2.75) is 57.4 Å². The summed E-state index contributed by atoms with van der Waals surface area (Å²) in [5.74, 6) is -0.691. The van der Waals surface area contributed by atoms with Crippen molar-refractivity contribution < 1.29 is 14.7 Å². The summed E-state index contributed by atoms with van der Waals surface area (Å²) in [5, 5.41) is 8.85. The molecule has 0 radical (unpaired) electrons. The maximum Gasteiger partial charge on any atom is 0.305 e. The van der Waals surface area contributed by atoms with Gasteiger partial charge in [-0.2, -0.15) is 0 Å². The van der Waals surface area contributed by atoms with Crippen molar-refractivity contribution in [3.05, 3.63) is 11.6 Å². The largest absolute Gasteiger partial charge is 0.481 e. The van der Waals surface area contributed by atoms with Crippen LogP contribution in [0.4, 0.5) is 0 Å². The summed E-state index contributed by atoms with van der Waals surface area (Å²) >= 11 is 0. The molecule has 1 atom stereocenters. The van der Waals surface area contributed by atoms with E-state index in [-0.39, 0.29) is 18.4 Å². The van der Waals surface area contributed by atoms with Gasteiger partial charge in [-0.05, 0) is 38.5 Å². The molecule has 0 saturated carbocycles. The van der Waals surface area contributed by atoms with Crippen molar-refractivity contribution in [3.63, 3.8) is 0 Å². The summed E-state index contributed by atoms with van der Waals surface area (Å²) in [6.07, 6.45) is 9.05. The van der Waals surface area contributed by atoms with Crippen molar-refractivity contribution in [1.82, 2.24) is 4.90 Å². The van der Waals surface area contributed by atoms with Gasteiger partial charge < -0.3 is 10.0 Å². The number of likely N-dealkylation sites (tertiary alicyclic amines) is 1. The number of amides is 1. The molecule has 0 aromatic carbocycles. The van der Waals surface area contributed by atoms with Gasteiger partial charge in [-0.3, -0.25) is 9.59 Å². The highest BCUT2D eigenvalue weighted by molar-refractivity contribution is 5.80. The third-order valence-electron chi connectivity index (χ3n) is 3.87. The van der Waals surface area contributed by atoms with E-state index < -0.39 is 5.97 Å². The molecule has 18 heavy (non-hydrogen) atoms. The summed E-state index contributed by atoms with van der Waals surface area (Å²) in [6.45, 7) is 0.726. The lowest BCUT2D eigenvalue weighted by Crippen LogP contribution is -2.37. The van der Waals surface area contributed by atoms with Crippen LogP contribution in [0.3, 0.4) is 0 Å². The third kappa shape index (κ3) is 3.34. The molecule has 100 valence electrons. The number of carbonyl (C=O) groups excluding carboxylic acids is 1. The number of hydrogen-bond donors (Lipinski definition) is 1. The third-order valence-corrected chi connectivity index (χ3v) is 3.87. The molecule has 1 aliphatic heterocycles. The van der Waals surface area contributed by atoms with Gasteiger partial charge in [0.25, 0.3) is 0 Å². The van der Waals surface area contributed by atoms with Crippen LogP contribution in [0.1, 0.15) is 51.4 Å². The number of nitrogens with zero attached hydrogens (tertiary/aromatic N) is 1. The van der Waals surface area contributed by atoms with Crippen LogP contribution in [-0.2, 0) is 9.59 Å². The Morgan fingerprint density at radius 1 is 1.33 bits per heavy atom. The van der Waals surface area contributed by atoms with Gasteiger partial charge in [0.15, 0.2) is 0 Å². The number of allylic oxidation sites excluding steroid dienone is 1. The first-order valence-corrected chi connectivity index (χ1v) is 6.86. The molecule has 0 bridgehead atoms. The fourth-order valence-electron chi connectivity index (χ4n) is 2.94. The van der Waals surface area contributed by atoms with E-state index in [1.165, 1.54) is 18.4 Å². The lowest BCUT2D eigenvalue weighted by atomic mass is 9.96. The molecule has 0 aromatic rings. The molecule has 4 heteroatoms. The second-order valence-corrected chi connectivity index (χ2v) is 5.27. The zero-order chi connectivity index (χ0) is 13.0. The molecule has 1 saturated heterocycles. The smallest absolute Gasteiger partial charge is 0.305 e. The van der Waals surface area contributed by atoms with Gasteiger partial charge in [-0.1, -0.05) is 11.6 Å². The van der Waals surface area contributed by atoms with Crippen LogP contribution in [0.15, 0.2) is 11.6 Å². The van der Waals surface area contributed by atoms with E-state index in [2.05, 4.69) is 6.08 Å². The Morgan fingerprint density at radius 2 is 2.17 bits per heavy atom. The zero-order valence-electron chi connectivity index (χ0n) is 10.7. The Hall–Kier alpha value is -1.32. The van der Waals surface area contributed by atoms with E-state index in [1.807, 2.05) is 0 Å². The van der Waals surface area contributed by atoms with Crippen LogP contribution in [0.2, 0.25) is 0 Å². The molecule has 1 aliphatic carbocycles. The molecule has 2 rings (SSSR count).